The molecule has 0 aromatic carbocycles. The molecule has 4 aromatic heterocycles. The lowest BCUT2D eigenvalue weighted by Crippen LogP contribution is -2.28. The normalized spacial score (nSPS) is 18.8. The highest BCUT2D eigenvalue weighted by atomic mass is 19.3. The number of pyridine rings is 1. The fourth-order valence-corrected chi connectivity index (χ4v) is 4.16. The van der Waals surface area contributed by atoms with Crippen LogP contribution in [0.5, 0.6) is 0 Å². The summed E-state index contributed by atoms with van der Waals surface area (Å²) in [5.74, 6) is 1.14. The highest BCUT2D eigenvalue weighted by Crippen LogP contribution is 2.46. The molecule has 4 heterocycles. The van der Waals surface area contributed by atoms with E-state index in [0.29, 0.717) is 17.2 Å². The van der Waals surface area contributed by atoms with Gasteiger partial charge in [-0.05, 0) is 37.5 Å². The third-order valence-electron chi connectivity index (χ3n) is 6.11. The largest absolute Gasteiger partial charge is 0.310 e. The van der Waals surface area contributed by atoms with E-state index in [-0.39, 0.29) is 34.3 Å². The molecular weight excluding hydrogens is 430 g/mol. The molecule has 0 radical (unpaired) electrons. The van der Waals surface area contributed by atoms with Crippen molar-refractivity contribution in [1.29, 1.82) is 5.26 Å². The molecule has 0 bridgehead atoms. The lowest BCUT2D eigenvalue weighted by Gasteiger charge is -2.34. The molecule has 0 saturated heterocycles. The number of hydrogen-bond acceptors (Lipinski definition) is 7. The van der Waals surface area contributed by atoms with Crippen molar-refractivity contribution in [3.63, 3.8) is 0 Å². The molecule has 11 heteroatoms. The predicted molar refractivity (Wildman–Crippen MR) is 113 cm³/mol. The van der Waals surface area contributed by atoms with Crippen molar-refractivity contribution in [2.24, 2.45) is 0 Å². The van der Waals surface area contributed by atoms with Gasteiger partial charge in [0.2, 0.25) is 0 Å². The number of fused-ring (bicyclic) bond motifs is 1. The third-order valence-corrected chi connectivity index (χ3v) is 6.11. The van der Waals surface area contributed by atoms with Crippen molar-refractivity contribution >= 4 is 11.0 Å². The molecule has 1 aliphatic carbocycles. The monoisotopic (exact) mass is 448 g/mol. The Bertz CT molecular complexity index is 1410. The second-order valence-corrected chi connectivity index (χ2v) is 7.95. The first-order valence-electron chi connectivity index (χ1n) is 10.4. The van der Waals surface area contributed by atoms with Crippen LogP contribution in [0.1, 0.15) is 72.7 Å². The zero-order valence-corrected chi connectivity index (χ0v) is 17.5. The number of alkyl halides is 2. The number of nitriles is 1. The van der Waals surface area contributed by atoms with Crippen molar-refractivity contribution in [3.8, 4) is 6.07 Å². The lowest BCUT2D eigenvalue weighted by molar-refractivity contribution is 0.146. The van der Waals surface area contributed by atoms with Gasteiger partial charge >= 0.3 is 0 Å². The fraction of sp³-hybridized carbons (Fsp3) is 0.318. The SMILES string of the molecule is C[C@@H](c1ccc(C(F)F)nc1)n1nc(C#N)c2c(=O)[nH]c([C@H]3CC[C@H]3c3ncccn3)nc21. The molecule has 5 rings (SSSR count). The van der Waals surface area contributed by atoms with Crippen molar-refractivity contribution < 1.29 is 8.78 Å². The predicted octanol–water partition coefficient (Wildman–Crippen LogP) is 3.38. The lowest BCUT2D eigenvalue weighted by atomic mass is 9.72. The second kappa shape index (κ2) is 8.12. The quantitative estimate of drug-likeness (QED) is 0.496. The number of rotatable bonds is 5. The molecule has 33 heavy (non-hydrogen) atoms. The maximum Gasteiger partial charge on any atom is 0.280 e. The van der Waals surface area contributed by atoms with Crippen molar-refractivity contribution in [1.82, 2.24) is 34.7 Å². The van der Waals surface area contributed by atoms with Gasteiger partial charge in [-0.25, -0.2) is 28.4 Å². The van der Waals surface area contributed by atoms with E-state index in [0.717, 1.165) is 12.8 Å². The van der Waals surface area contributed by atoms with Crippen LogP contribution in [0.3, 0.4) is 0 Å². The molecule has 0 aliphatic heterocycles. The van der Waals surface area contributed by atoms with Crippen molar-refractivity contribution in [2.75, 3.05) is 0 Å². The number of aromatic nitrogens is 7. The van der Waals surface area contributed by atoms with Gasteiger partial charge in [-0.15, -0.1) is 0 Å². The van der Waals surface area contributed by atoms with Crippen molar-refractivity contribution in [3.05, 3.63) is 75.7 Å². The van der Waals surface area contributed by atoms with Crippen LogP contribution in [0.4, 0.5) is 8.78 Å². The van der Waals surface area contributed by atoms with E-state index in [1.165, 1.54) is 23.0 Å². The third kappa shape index (κ3) is 3.53. The van der Waals surface area contributed by atoms with E-state index in [4.69, 9.17) is 4.98 Å². The summed E-state index contributed by atoms with van der Waals surface area (Å²) < 4.78 is 27.2. The highest BCUT2D eigenvalue weighted by molar-refractivity contribution is 5.80. The minimum absolute atomic E-state index is 0.0297. The Balaban J connectivity index is 1.58. The summed E-state index contributed by atoms with van der Waals surface area (Å²) in [5.41, 5.74) is 0.0261. The number of H-pyrrole nitrogens is 1. The van der Waals surface area contributed by atoms with Gasteiger partial charge in [0.15, 0.2) is 11.3 Å². The van der Waals surface area contributed by atoms with E-state index >= 15 is 0 Å². The standard InChI is InChI=1S/C22H18F2N8O/c1-11(12-3-6-15(18(23)24)28-10-12)32-21-17(16(9-25)31-32)22(33)30-20(29-21)14-5-4-13(14)19-26-7-2-8-27-19/h2-3,6-8,10-11,13-14,18H,4-5H2,1H3,(H,29,30,33)/t11-,13+,14-/m0/s1. The summed E-state index contributed by atoms with van der Waals surface area (Å²) in [7, 11) is 0. The number of nitrogens with zero attached hydrogens (tertiary/aromatic N) is 7. The summed E-state index contributed by atoms with van der Waals surface area (Å²) in [4.78, 5) is 32.9. The van der Waals surface area contributed by atoms with Crippen LogP contribution in [0, 0.1) is 11.3 Å². The average molecular weight is 448 g/mol. The number of hydrogen-bond donors (Lipinski definition) is 1. The molecule has 1 N–H and O–H groups in total. The second-order valence-electron chi connectivity index (χ2n) is 7.95. The molecule has 4 aromatic rings. The molecule has 166 valence electrons. The minimum Gasteiger partial charge on any atom is -0.310 e. The molecular formula is C22H18F2N8O. The number of halogens is 2. The molecule has 9 nitrogen and oxygen atoms in total. The van der Waals surface area contributed by atoms with E-state index in [1.54, 1.807) is 25.4 Å². The Morgan fingerprint density at radius 2 is 1.94 bits per heavy atom. The summed E-state index contributed by atoms with van der Waals surface area (Å²) >= 11 is 0. The van der Waals surface area contributed by atoms with Gasteiger partial charge in [-0.1, -0.05) is 6.07 Å². The highest BCUT2D eigenvalue weighted by Gasteiger charge is 2.37. The summed E-state index contributed by atoms with van der Waals surface area (Å²) in [6.45, 7) is 1.78. The first-order valence-corrected chi connectivity index (χ1v) is 10.4. The van der Waals surface area contributed by atoms with Gasteiger partial charge in [-0.3, -0.25) is 9.78 Å². The molecule has 0 amide bonds. The number of aromatic amines is 1. The maximum absolute atomic E-state index is 12.9. The summed E-state index contributed by atoms with van der Waals surface area (Å²) in [6, 6.07) is 5.97. The molecule has 0 spiro atoms. The smallest absolute Gasteiger partial charge is 0.280 e. The van der Waals surface area contributed by atoms with Crippen LogP contribution in [0.2, 0.25) is 0 Å². The first kappa shape index (κ1) is 20.8. The topological polar surface area (TPSA) is 126 Å². The van der Waals surface area contributed by atoms with Gasteiger partial charge in [0, 0.05) is 30.4 Å². The Kier molecular flexibility index (Phi) is 5.12. The Hall–Kier alpha value is -4.07. The average Bonchev–Trinajstić information content (AvgIpc) is 3.18. The van der Waals surface area contributed by atoms with Crippen molar-refractivity contribution in [2.45, 2.75) is 44.1 Å². The van der Waals surface area contributed by atoms with Gasteiger partial charge < -0.3 is 4.98 Å². The first-order chi connectivity index (χ1) is 16.0. The Morgan fingerprint density at radius 3 is 2.55 bits per heavy atom. The maximum atomic E-state index is 12.9. The zero-order chi connectivity index (χ0) is 23.1. The Labute approximate surface area is 186 Å². The van der Waals surface area contributed by atoms with Gasteiger partial charge in [0.1, 0.15) is 28.8 Å². The van der Waals surface area contributed by atoms with Crippen LogP contribution in [-0.2, 0) is 0 Å². The van der Waals surface area contributed by atoms with Crippen LogP contribution in [0.25, 0.3) is 11.0 Å². The number of nitrogens with one attached hydrogen (secondary N) is 1. The van der Waals surface area contributed by atoms with E-state index in [1.807, 2.05) is 6.07 Å². The van der Waals surface area contributed by atoms with Gasteiger partial charge in [0.05, 0.1) is 6.04 Å². The van der Waals surface area contributed by atoms with E-state index < -0.39 is 18.0 Å². The summed E-state index contributed by atoms with van der Waals surface area (Å²) in [5, 5.41) is 13.9. The van der Waals surface area contributed by atoms with Crippen LogP contribution >= 0.6 is 0 Å². The molecule has 1 aliphatic rings. The Morgan fingerprint density at radius 1 is 1.18 bits per heavy atom. The van der Waals surface area contributed by atoms with E-state index in [2.05, 4.69) is 25.0 Å². The minimum atomic E-state index is -2.67. The van der Waals surface area contributed by atoms with Gasteiger partial charge in [0.25, 0.3) is 12.0 Å². The van der Waals surface area contributed by atoms with E-state index in [9.17, 15) is 18.8 Å². The fourth-order valence-electron chi connectivity index (χ4n) is 4.16. The van der Waals surface area contributed by atoms with Crippen LogP contribution in [0.15, 0.2) is 41.6 Å². The molecule has 3 atom stereocenters. The van der Waals surface area contributed by atoms with Crippen LogP contribution < -0.4 is 5.56 Å². The molecule has 0 unspecified atom stereocenters. The summed E-state index contributed by atoms with van der Waals surface area (Å²) in [6.07, 6.45) is 3.72. The van der Waals surface area contributed by atoms with Gasteiger partial charge in [-0.2, -0.15) is 10.4 Å². The van der Waals surface area contributed by atoms with Crippen LogP contribution in [-0.4, -0.2) is 34.7 Å². The molecule has 1 fully saturated rings. The zero-order valence-electron chi connectivity index (χ0n) is 17.5. The molecule has 1 saturated carbocycles.